The molecule has 0 atom stereocenters. The minimum atomic E-state index is -4.32. The van der Waals surface area contributed by atoms with Crippen LogP contribution in [-0.2, 0) is 6.18 Å². The maximum absolute atomic E-state index is 11.7. The van der Waals surface area contributed by atoms with Crippen LogP contribution in [0.1, 0.15) is 16.1 Å². The summed E-state index contributed by atoms with van der Waals surface area (Å²) in [4.78, 5) is 16.9. The Morgan fingerprint density at radius 2 is 1.29 bits per heavy atom. The third-order valence-corrected chi connectivity index (χ3v) is 2.46. The van der Waals surface area contributed by atoms with Gasteiger partial charge in [-0.2, -0.15) is 13.2 Å². The van der Waals surface area contributed by atoms with Gasteiger partial charge in [0.25, 0.3) is 0 Å². The average molecular weight is 332 g/mol. The zero-order chi connectivity index (χ0) is 17.7. The van der Waals surface area contributed by atoms with Crippen LogP contribution in [0.15, 0.2) is 85.3 Å². The van der Waals surface area contributed by atoms with Gasteiger partial charge < -0.3 is 0 Å². The lowest BCUT2D eigenvalue weighted by Gasteiger charge is -2.02. The first-order chi connectivity index (χ1) is 11.5. The molecule has 0 aliphatic rings. The molecule has 0 amide bonds. The van der Waals surface area contributed by atoms with Crippen molar-refractivity contribution in [3.05, 3.63) is 96.6 Å². The number of benzene rings is 1. The Morgan fingerprint density at radius 1 is 0.750 bits per heavy atom. The van der Waals surface area contributed by atoms with Crippen molar-refractivity contribution in [2.24, 2.45) is 0 Å². The van der Waals surface area contributed by atoms with E-state index in [0.717, 1.165) is 24.1 Å². The number of hydrogen-bond acceptors (Lipinski definition) is 3. The van der Waals surface area contributed by atoms with Gasteiger partial charge in [-0.05, 0) is 24.3 Å². The molecule has 0 saturated carbocycles. The summed E-state index contributed by atoms with van der Waals surface area (Å²) in [6, 6.07) is 18.5. The van der Waals surface area contributed by atoms with Crippen LogP contribution in [0.5, 0.6) is 0 Å². The number of hydrogen-bond donors (Lipinski definition) is 0. The average Bonchev–Trinajstić information content (AvgIpc) is 2.65. The standard InChI is InChI=1S/C7H6O.C6H4F3N.C5H5N/c8-6-7-4-2-1-3-5-7;7-6(8,9)5-3-1-2-4-10-5;1-2-4-6-5-3-1/h1-6H;1-4H;1-5H. The highest BCUT2D eigenvalue weighted by Gasteiger charge is 2.31. The van der Waals surface area contributed by atoms with E-state index in [1.807, 2.05) is 36.4 Å². The molecule has 6 heteroatoms. The monoisotopic (exact) mass is 332 g/mol. The van der Waals surface area contributed by atoms with Crippen molar-refractivity contribution in [3.63, 3.8) is 0 Å². The van der Waals surface area contributed by atoms with Gasteiger partial charge in [-0.3, -0.25) is 14.8 Å². The van der Waals surface area contributed by atoms with E-state index in [1.165, 1.54) is 12.1 Å². The van der Waals surface area contributed by atoms with E-state index in [4.69, 9.17) is 0 Å². The molecule has 0 saturated heterocycles. The summed E-state index contributed by atoms with van der Waals surface area (Å²) in [7, 11) is 0. The normalized spacial score (nSPS) is 9.62. The Morgan fingerprint density at radius 3 is 1.58 bits per heavy atom. The van der Waals surface area contributed by atoms with Crippen molar-refractivity contribution < 1.29 is 18.0 Å². The van der Waals surface area contributed by atoms with Crippen molar-refractivity contribution in [2.75, 3.05) is 0 Å². The Kier molecular flexibility index (Phi) is 8.45. The molecule has 3 nitrogen and oxygen atoms in total. The fourth-order valence-electron chi connectivity index (χ4n) is 1.37. The molecule has 124 valence electrons. The largest absolute Gasteiger partial charge is 0.433 e. The SMILES string of the molecule is FC(F)(F)c1ccccn1.O=Cc1ccccc1.c1ccncc1. The van der Waals surface area contributed by atoms with Gasteiger partial charge in [0.1, 0.15) is 12.0 Å². The molecular weight excluding hydrogens is 317 g/mol. The van der Waals surface area contributed by atoms with Gasteiger partial charge in [-0.1, -0.05) is 42.5 Å². The second-order valence-electron chi connectivity index (χ2n) is 4.27. The molecular formula is C18H15F3N2O. The summed E-state index contributed by atoms with van der Waals surface area (Å²) < 4.78 is 35.2. The first-order valence-corrected chi connectivity index (χ1v) is 6.87. The van der Waals surface area contributed by atoms with Gasteiger partial charge >= 0.3 is 6.18 Å². The molecule has 3 rings (SSSR count). The van der Waals surface area contributed by atoms with E-state index >= 15 is 0 Å². The lowest BCUT2D eigenvalue weighted by Crippen LogP contribution is -2.06. The number of pyridine rings is 2. The molecule has 0 N–H and O–H groups in total. The molecule has 0 bridgehead atoms. The Balaban J connectivity index is 0.000000186. The van der Waals surface area contributed by atoms with Crippen molar-refractivity contribution in [3.8, 4) is 0 Å². The summed E-state index contributed by atoms with van der Waals surface area (Å²) in [6.45, 7) is 0. The van der Waals surface area contributed by atoms with Gasteiger partial charge in [0.15, 0.2) is 0 Å². The quantitative estimate of drug-likeness (QED) is 0.608. The van der Waals surface area contributed by atoms with Crippen LogP contribution in [0.25, 0.3) is 0 Å². The number of aldehydes is 1. The number of nitrogens with zero attached hydrogens (tertiary/aromatic N) is 2. The summed E-state index contributed by atoms with van der Waals surface area (Å²) in [5, 5.41) is 0. The molecule has 2 heterocycles. The van der Waals surface area contributed by atoms with E-state index in [9.17, 15) is 18.0 Å². The highest BCUT2D eigenvalue weighted by atomic mass is 19.4. The summed E-state index contributed by atoms with van der Waals surface area (Å²) in [5.41, 5.74) is -0.123. The van der Waals surface area contributed by atoms with Gasteiger partial charge in [-0.25, -0.2) is 0 Å². The Hall–Kier alpha value is -3.02. The Bertz CT molecular complexity index is 648. The van der Waals surface area contributed by atoms with Crippen LogP contribution >= 0.6 is 0 Å². The summed E-state index contributed by atoms with van der Waals surface area (Å²) in [5.74, 6) is 0. The molecule has 2 aromatic heterocycles. The fraction of sp³-hybridized carbons (Fsp3) is 0.0556. The third kappa shape index (κ3) is 8.43. The number of rotatable bonds is 1. The zero-order valence-corrected chi connectivity index (χ0v) is 12.6. The van der Waals surface area contributed by atoms with Gasteiger partial charge in [0.05, 0.1) is 0 Å². The van der Waals surface area contributed by atoms with E-state index in [2.05, 4.69) is 9.97 Å². The minimum Gasteiger partial charge on any atom is -0.298 e. The smallest absolute Gasteiger partial charge is 0.298 e. The molecule has 0 spiro atoms. The minimum absolute atomic E-state index is 0.729. The van der Waals surface area contributed by atoms with Crippen LogP contribution in [-0.4, -0.2) is 16.3 Å². The second kappa shape index (κ2) is 10.7. The predicted octanol–water partition coefficient (Wildman–Crippen LogP) is 4.68. The number of carbonyl (C=O) groups excluding carboxylic acids is 1. The maximum Gasteiger partial charge on any atom is 0.433 e. The molecule has 24 heavy (non-hydrogen) atoms. The molecule has 3 aromatic rings. The lowest BCUT2D eigenvalue weighted by molar-refractivity contribution is -0.141. The van der Waals surface area contributed by atoms with E-state index in [1.54, 1.807) is 24.5 Å². The van der Waals surface area contributed by atoms with Gasteiger partial charge in [0, 0.05) is 24.2 Å². The number of aromatic nitrogens is 2. The summed E-state index contributed by atoms with van der Waals surface area (Å²) >= 11 is 0. The molecule has 0 aliphatic heterocycles. The van der Waals surface area contributed by atoms with Gasteiger partial charge in [0.2, 0.25) is 0 Å². The third-order valence-electron chi connectivity index (χ3n) is 2.46. The van der Waals surface area contributed by atoms with E-state index in [-0.39, 0.29) is 0 Å². The first kappa shape index (κ1) is 19.0. The van der Waals surface area contributed by atoms with E-state index < -0.39 is 11.9 Å². The number of alkyl halides is 3. The number of carbonyl (C=O) groups is 1. The van der Waals surface area contributed by atoms with Gasteiger partial charge in [-0.15, -0.1) is 0 Å². The highest BCUT2D eigenvalue weighted by molar-refractivity contribution is 5.74. The van der Waals surface area contributed by atoms with Crippen molar-refractivity contribution in [1.29, 1.82) is 0 Å². The molecule has 0 fully saturated rings. The fourth-order valence-corrected chi connectivity index (χ4v) is 1.37. The van der Waals surface area contributed by atoms with Crippen LogP contribution in [0, 0.1) is 0 Å². The van der Waals surface area contributed by atoms with Crippen LogP contribution in [0.3, 0.4) is 0 Å². The summed E-state index contributed by atoms with van der Waals surface area (Å²) in [6.07, 6.45) is 1.13. The Labute approximate surface area is 137 Å². The molecule has 0 radical (unpaired) electrons. The highest BCUT2D eigenvalue weighted by Crippen LogP contribution is 2.26. The number of halogens is 3. The first-order valence-electron chi connectivity index (χ1n) is 6.87. The zero-order valence-electron chi connectivity index (χ0n) is 12.6. The predicted molar refractivity (Wildman–Crippen MR) is 85.3 cm³/mol. The van der Waals surface area contributed by atoms with E-state index in [0.29, 0.717) is 0 Å². The maximum atomic E-state index is 11.7. The second-order valence-corrected chi connectivity index (χ2v) is 4.27. The van der Waals surface area contributed by atoms with Crippen LogP contribution in [0.2, 0.25) is 0 Å². The topological polar surface area (TPSA) is 42.9 Å². The van der Waals surface area contributed by atoms with Crippen molar-refractivity contribution in [1.82, 2.24) is 9.97 Å². The van der Waals surface area contributed by atoms with Crippen LogP contribution in [0.4, 0.5) is 13.2 Å². The lowest BCUT2D eigenvalue weighted by atomic mass is 10.2. The molecule has 0 unspecified atom stereocenters. The molecule has 0 aliphatic carbocycles. The molecule has 1 aromatic carbocycles. The van der Waals surface area contributed by atoms with Crippen molar-refractivity contribution >= 4 is 6.29 Å². The van der Waals surface area contributed by atoms with Crippen molar-refractivity contribution in [2.45, 2.75) is 6.18 Å². The van der Waals surface area contributed by atoms with Crippen LogP contribution < -0.4 is 0 Å².